The summed E-state index contributed by atoms with van der Waals surface area (Å²) in [5.74, 6) is -0.405. The van der Waals surface area contributed by atoms with Crippen LogP contribution in [0.2, 0.25) is 0 Å². The number of nitrogens with zero attached hydrogens (tertiary/aromatic N) is 2. The van der Waals surface area contributed by atoms with Crippen molar-refractivity contribution >= 4 is 47.1 Å². The largest absolute Gasteiger partial charge is 0.448 e. The van der Waals surface area contributed by atoms with E-state index in [9.17, 15) is 19.2 Å². The summed E-state index contributed by atoms with van der Waals surface area (Å²) in [6, 6.07) is 26.9. The van der Waals surface area contributed by atoms with Crippen LogP contribution >= 0.6 is 11.8 Å². The van der Waals surface area contributed by atoms with E-state index in [1.807, 2.05) is 60.7 Å². The molecule has 2 aliphatic heterocycles. The van der Waals surface area contributed by atoms with Crippen LogP contribution in [0, 0.1) is 0 Å². The highest BCUT2D eigenvalue weighted by atomic mass is 32.2. The standard InChI is InChI=1S/C32H26N2O7S/c1-20(36)40-29(33-25(18-35)21-12-6-3-7-13-21)24-19-42-31-28(39-2)30(37)34(31)26(24)32(38)41-27(22-14-8-4-9-15-22)23-16-10-5-11-17-23/h3-17,27-28,31H,19H2,1-2H3/t28-,31+/m0/s1. The number of carbonyl (C=O) groups is 3. The molecule has 0 spiro atoms. The van der Waals surface area contributed by atoms with Crippen LogP contribution < -0.4 is 0 Å². The summed E-state index contributed by atoms with van der Waals surface area (Å²) >= 11 is 1.31. The van der Waals surface area contributed by atoms with Crippen molar-refractivity contribution in [3.05, 3.63) is 119 Å². The van der Waals surface area contributed by atoms with E-state index >= 15 is 0 Å². The SMILES string of the molecule is CO[C@H]1C(=O)N2C(C(=O)OC(c3ccccc3)c3ccccc3)=C(C(=NC(=C=O)c3ccccc3)OC(C)=O)CS[C@H]12. The number of hydrogen-bond acceptors (Lipinski definition) is 9. The Bertz CT molecular complexity index is 1560. The predicted octanol–water partition coefficient (Wildman–Crippen LogP) is 4.34. The number of esters is 2. The Morgan fingerprint density at radius 3 is 2.05 bits per heavy atom. The first kappa shape index (κ1) is 28.8. The molecule has 2 aliphatic rings. The molecule has 1 amide bonds. The fourth-order valence-electron chi connectivity index (χ4n) is 4.70. The smallest absolute Gasteiger partial charge is 0.356 e. The number of methoxy groups -OCH3 is 1. The lowest BCUT2D eigenvalue weighted by molar-refractivity contribution is -0.164. The van der Waals surface area contributed by atoms with E-state index in [1.54, 1.807) is 36.3 Å². The maximum Gasteiger partial charge on any atom is 0.356 e. The molecule has 10 heteroatoms. The number of β-lactam (4-membered cyclic amide) rings is 1. The highest BCUT2D eigenvalue weighted by Crippen LogP contribution is 2.43. The second-order valence-electron chi connectivity index (χ2n) is 9.33. The number of aliphatic imine (C=N–C) groups is 1. The first-order chi connectivity index (χ1) is 20.4. The van der Waals surface area contributed by atoms with Crippen molar-refractivity contribution in [3.8, 4) is 0 Å². The third kappa shape index (κ3) is 5.82. The summed E-state index contributed by atoms with van der Waals surface area (Å²) in [6.07, 6.45) is -1.57. The van der Waals surface area contributed by atoms with Crippen LogP contribution in [0.1, 0.15) is 29.7 Å². The quantitative estimate of drug-likeness (QED) is 0.127. The number of fused-ring (bicyclic) bond motifs is 1. The molecule has 9 nitrogen and oxygen atoms in total. The molecule has 1 fully saturated rings. The van der Waals surface area contributed by atoms with Gasteiger partial charge in [-0.2, -0.15) is 0 Å². The molecule has 0 bridgehead atoms. The minimum absolute atomic E-state index is 0.118. The number of rotatable bonds is 8. The molecule has 3 aromatic rings. The molecule has 2 atom stereocenters. The summed E-state index contributed by atoms with van der Waals surface area (Å²) in [6.45, 7) is 1.18. The lowest BCUT2D eigenvalue weighted by Gasteiger charge is -2.48. The van der Waals surface area contributed by atoms with E-state index in [1.165, 1.54) is 30.7 Å². The third-order valence-electron chi connectivity index (χ3n) is 6.65. The number of thioether (sulfide) groups is 1. The van der Waals surface area contributed by atoms with E-state index in [2.05, 4.69) is 4.99 Å². The molecule has 0 unspecified atom stereocenters. The van der Waals surface area contributed by atoms with Crippen LogP contribution in [0.3, 0.4) is 0 Å². The predicted molar refractivity (Wildman–Crippen MR) is 156 cm³/mol. The number of amides is 1. The molecule has 3 aromatic carbocycles. The Kier molecular flexibility index (Phi) is 8.78. The molecular formula is C32H26N2O7S. The van der Waals surface area contributed by atoms with Crippen molar-refractivity contribution in [1.82, 2.24) is 4.90 Å². The molecule has 212 valence electrons. The van der Waals surface area contributed by atoms with Crippen LogP contribution in [0.25, 0.3) is 5.70 Å². The Morgan fingerprint density at radius 2 is 1.52 bits per heavy atom. The van der Waals surface area contributed by atoms with Crippen LogP contribution in [-0.2, 0) is 33.4 Å². The normalized spacial score (nSPS) is 18.1. The fourth-order valence-corrected chi connectivity index (χ4v) is 6.06. The van der Waals surface area contributed by atoms with Gasteiger partial charge in [0.25, 0.3) is 5.91 Å². The molecule has 0 saturated carbocycles. The first-order valence-corrected chi connectivity index (χ1v) is 14.1. The minimum Gasteiger partial charge on any atom is -0.448 e. The molecular weight excluding hydrogens is 556 g/mol. The minimum atomic E-state index is -0.827. The highest BCUT2D eigenvalue weighted by molar-refractivity contribution is 8.00. The second kappa shape index (κ2) is 12.8. The average Bonchev–Trinajstić information content (AvgIpc) is 3.02. The maximum atomic E-state index is 14.1. The zero-order chi connectivity index (χ0) is 29.6. The maximum absolute atomic E-state index is 14.1. The molecule has 0 aromatic heterocycles. The van der Waals surface area contributed by atoms with Gasteiger partial charge in [-0.25, -0.2) is 14.6 Å². The molecule has 5 rings (SSSR count). The highest BCUT2D eigenvalue weighted by Gasteiger charge is 2.55. The van der Waals surface area contributed by atoms with Gasteiger partial charge >= 0.3 is 11.9 Å². The number of ether oxygens (including phenoxy) is 3. The third-order valence-corrected chi connectivity index (χ3v) is 7.91. The lowest BCUT2D eigenvalue weighted by atomic mass is 10.0. The van der Waals surface area contributed by atoms with E-state index in [4.69, 9.17) is 14.2 Å². The number of carbonyl (C=O) groups excluding carboxylic acids is 4. The monoisotopic (exact) mass is 582 g/mol. The molecule has 2 heterocycles. The van der Waals surface area contributed by atoms with E-state index in [0.29, 0.717) is 5.56 Å². The van der Waals surface area contributed by atoms with E-state index in [-0.39, 0.29) is 28.6 Å². The van der Waals surface area contributed by atoms with Gasteiger partial charge in [0.1, 0.15) is 11.1 Å². The Balaban J connectivity index is 1.63. The molecule has 0 aliphatic carbocycles. The zero-order valence-electron chi connectivity index (χ0n) is 22.8. The van der Waals surface area contributed by atoms with Gasteiger partial charge in [-0.15, -0.1) is 11.8 Å². The summed E-state index contributed by atoms with van der Waals surface area (Å²) in [5.41, 5.74) is 1.71. The van der Waals surface area contributed by atoms with Gasteiger partial charge in [0, 0.05) is 25.3 Å². The fraction of sp³-hybridized carbons (Fsp3) is 0.188. The van der Waals surface area contributed by atoms with Gasteiger partial charge in [0.2, 0.25) is 5.90 Å². The Hall–Kier alpha value is -4.76. The van der Waals surface area contributed by atoms with Crippen LogP contribution in [0.15, 0.2) is 107 Å². The first-order valence-electron chi connectivity index (χ1n) is 13.0. The van der Waals surface area contributed by atoms with Gasteiger partial charge in [0.15, 0.2) is 23.8 Å². The van der Waals surface area contributed by atoms with Crippen LogP contribution in [0.5, 0.6) is 0 Å². The Labute approximate surface area is 246 Å². The van der Waals surface area contributed by atoms with E-state index in [0.717, 1.165) is 11.1 Å². The van der Waals surface area contributed by atoms with Gasteiger partial charge in [-0.05, 0) is 11.1 Å². The average molecular weight is 583 g/mol. The molecule has 42 heavy (non-hydrogen) atoms. The van der Waals surface area contributed by atoms with Crippen LogP contribution in [-0.4, -0.2) is 58.9 Å². The lowest BCUT2D eigenvalue weighted by Crippen LogP contribution is -2.66. The molecule has 1 saturated heterocycles. The molecule has 0 N–H and O–H groups in total. The summed E-state index contributed by atoms with van der Waals surface area (Å²) < 4.78 is 16.9. The van der Waals surface area contributed by atoms with Crippen molar-refractivity contribution in [2.75, 3.05) is 12.9 Å². The Morgan fingerprint density at radius 1 is 0.952 bits per heavy atom. The van der Waals surface area contributed by atoms with Crippen molar-refractivity contribution in [3.63, 3.8) is 0 Å². The second-order valence-corrected chi connectivity index (χ2v) is 10.4. The summed E-state index contributed by atoms with van der Waals surface area (Å²) in [7, 11) is 1.42. The van der Waals surface area contributed by atoms with Gasteiger partial charge < -0.3 is 14.2 Å². The van der Waals surface area contributed by atoms with Crippen molar-refractivity contribution < 1.29 is 33.4 Å². The summed E-state index contributed by atoms with van der Waals surface area (Å²) in [5, 5.41) is -0.505. The van der Waals surface area contributed by atoms with Gasteiger partial charge in [-0.1, -0.05) is 91.0 Å². The van der Waals surface area contributed by atoms with Gasteiger partial charge in [0.05, 0.1) is 5.57 Å². The zero-order valence-corrected chi connectivity index (χ0v) is 23.6. The number of hydrogen-bond donors (Lipinski definition) is 0. The van der Waals surface area contributed by atoms with Crippen LogP contribution in [0.4, 0.5) is 0 Å². The van der Waals surface area contributed by atoms with Gasteiger partial charge in [-0.3, -0.25) is 14.5 Å². The number of benzene rings is 3. The van der Waals surface area contributed by atoms with Crippen molar-refractivity contribution in [1.29, 1.82) is 0 Å². The van der Waals surface area contributed by atoms with Crippen molar-refractivity contribution in [2.24, 2.45) is 4.99 Å². The van der Waals surface area contributed by atoms with Crippen molar-refractivity contribution in [2.45, 2.75) is 24.5 Å². The summed E-state index contributed by atoms with van der Waals surface area (Å²) in [4.78, 5) is 57.0. The topological polar surface area (TPSA) is 112 Å². The van der Waals surface area contributed by atoms with E-state index < -0.39 is 35.4 Å². The molecule has 0 radical (unpaired) electrons.